The van der Waals surface area contributed by atoms with E-state index in [0.29, 0.717) is 0 Å². The van der Waals surface area contributed by atoms with E-state index in [0.717, 1.165) is 24.1 Å². The highest BCUT2D eigenvalue weighted by atomic mass is 32.1. The monoisotopic (exact) mass is 291 g/mol. The molecule has 0 saturated heterocycles. The lowest BCUT2D eigenvalue weighted by Gasteiger charge is -2.20. The van der Waals surface area contributed by atoms with Crippen molar-refractivity contribution in [1.82, 2.24) is 5.32 Å². The van der Waals surface area contributed by atoms with E-state index < -0.39 is 0 Å². The van der Waals surface area contributed by atoms with Crippen LogP contribution in [0.4, 0.5) is 4.39 Å². The summed E-state index contributed by atoms with van der Waals surface area (Å²) < 4.78 is 13.6. The van der Waals surface area contributed by atoms with E-state index in [4.69, 9.17) is 0 Å². The maximum Gasteiger partial charge on any atom is 0.123 e. The van der Waals surface area contributed by atoms with Gasteiger partial charge in [0.15, 0.2) is 0 Å². The normalized spacial score (nSPS) is 12.7. The van der Waals surface area contributed by atoms with Crippen LogP contribution in [-0.2, 0) is 0 Å². The van der Waals surface area contributed by atoms with Gasteiger partial charge in [-0.25, -0.2) is 4.39 Å². The van der Waals surface area contributed by atoms with Crippen LogP contribution in [0.1, 0.15) is 45.8 Å². The minimum Gasteiger partial charge on any atom is -0.306 e. The Bertz CT molecular complexity index is 569. The fourth-order valence-electron chi connectivity index (χ4n) is 2.32. The van der Waals surface area contributed by atoms with Crippen molar-refractivity contribution in [3.63, 3.8) is 0 Å². The average molecular weight is 291 g/mol. The second-order valence-electron chi connectivity index (χ2n) is 5.28. The molecule has 0 aliphatic heterocycles. The van der Waals surface area contributed by atoms with Crippen molar-refractivity contribution in [2.24, 2.45) is 0 Å². The van der Waals surface area contributed by atoms with Gasteiger partial charge in [-0.3, -0.25) is 0 Å². The second kappa shape index (κ2) is 6.51. The molecule has 0 fully saturated rings. The summed E-state index contributed by atoms with van der Waals surface area (Å²) in [4.78, 5) is 2.60. The van der Waals surface area contributed by atoms with Crippen LogP contribution in [0.15, 0.2) is 24.3 Å². The number of thiophene rings is 1. The SMILES string of the molecule is CCCNC(c1cc(C)c(C)s1)c1cc(F)ccc1C. The van der Waals surface area contributed by atoms with Crippen LogP contribution in [0.2, 0.25) is 0 Å². The third-order valence-electron chi connectivity index (χ3n) is 3.62. The summed E-state index contributed by atoms with van der Waals surface area (Å²) in [7, 11) is 0. The molecule has 3 heteroatoms. The van der Waals surface area contributed by atoms with Gasteiger partial charge in [-0.05, 0) is 68.6 Å². The minimum atomic E-state index is -0.168. The third-order valence-corrected chi connectivity index (χ3v) is 4.84. The molecule has 1 heterocycles. The lowest BCUT2D eigenvalue weighted by molar-refractivity contribution is 0.588. The molecule has 1 unspecified atom stereocenters. The number of hydrogen-bond acceptors (Lipinski definition) is 2. The maximum absolute atomic E-state index is 13.6. The van der Waals surface area contributed by atoms with Crippen molar-refractivity contribution in [1.29, 1.82) is 0 Å². The molecule has 0 bridgehead atoms. The van der Waals surface area contributed by atoms with Gasteiger partial charge < -0.3 is 5.32 Å². The van der Waals surface area contributed by atoms with E-state index in [-0.39, 0.29) is 11.9 Å². The Morgan fingerprint density at radius 2 is 1.90 bits per heavy atom. The lowest BCUT2D eigenvalue weighted by atomic mass is 9.99. The fraction of sp³-hybridized carbons (Fsp3) is 0.412. The fourth-order valence-corrected chi connectivity index (χ4v) is 3.46. The topological polar surface area (TPSA) is 12.0 Å². The number of rotatable bonds is 5. The molecule has 1 nitrogen and oxygen atoms in total. The molecule has 2 rings (SSSR count). The maximum atomic E-state index is 13.6. The molecule has 0 spiro atoms. The molecule has 20 heavy (non-hydrogen) atoms. The van der Waals surface area contributed by atoms with Crippen molar-refractivity contribution >= 4 is 11.3 Å². The quantitative estimate of drug-likeness (QED) is 0.826. The Kier molecular flexibility index (Phi) is 4.95. The highest BCUT2D eigenvalue weighted by Crippen LogP contribution is 2.32. The average Bonchev–Trinajstić information content (AvgIpc) is 2.74. The van der Waals surface area contributed by atoms with E-state index in [1.165, 1.54) is 21.4 Å². The molecule has 0 amide bonds. The molecular formula is C17H22FNS. The molecule has 2 aromatic rings. The molecule has 0 saturated carbocycles. The summed E-state index contributed by atoms with van der Waals surface area (Å²) in [5.41, 5.74) is 3.48. The molecule has 108 valence electrons. The predicted octanol–water partition coefficient (Wildman–Crippen LogP) is 4.90. The zero-order valence-electron chi connectivity index (χ0n) is 12.6. The first-order chi connectivity index (χ1) is 9.52. The summed E-state index contributed by atoms with van der Waals surface area (Å²) in [6.07, 6.45) is 1.06. The number of hydrogen-bond donors (Lipinski definition) is 1. The Morgan fingerprint density at radius 3 is 2.50 bits per heavy atom. The molecule has 0 aliphatic carbocycles. The molecule has 1 N–H and O–H groups in total. The van der Waals surface area contributed by atoms with E-state index >= 15 is 0 Å². The lowest BCUT2D eigenvalue weighted by Crippen LogP contribution is -2.23. The van der Waals surface area contributed by atoms with E-state index in [9.17, 15) is 4.39 Å². The van der Waals surface area contributed by atoms with Crippen LogP contribution in [0.3, 0.4) is 0 Å². The van der Waals surface area contributed by atoms with Crippen LogP contribution in [0, 0.1) is 26.6 Å². The minimum absolute atomic E-state index is 0.0862. The third kappa shape index (κ3) is 3.28. The Balaban J connectivity index is 2.43. The summed E-state index contributed by atoms with van der Waals surface area (Å²) in [5.74, 6) is -0.168. The smallest absolute Gasteiger partial charge is 0.123 e. The molecule has 0 radical (unpaired) electrons. The van der Waals surface area contributed by atoms with E-state index in [1.54, 1.807) is 17.4 Å². The number of aryl methyl sites for hydroxylation is 3. The first kappa shape index (κ1) is 15.2. The Hall–Kier alpha value is -1.19. The van der Waals surface area contributed by atoms with Gasteiger partial charge >= 0.3 is 0 Å². The van der Waals surface area contributed by atoms with Gasteiger partial charge in [0.1, 0.15) is 5.82 Å². The van der Waals surface area contributed by atoms with Gasteiger partial charge in [0.05, 0.1) is 6.04 Å². The molecule has 0 aliphatic rings. The Morgan fingerprint density at radius 1 is 1.15 bits per heavy atom. The highest BCUT2D eigenvalue weighted by Gasteiger charge is 2.18. The largest absolute Gasteiger partial charge is 0.306 e. The number of nitrogens with one attached hydrogen (secondary N) is 1. The van der Waals surface area contributed by atoms with Gasteiger partial charge in [-0.15, -0.1) is 11.3 Å². The second-order valence-corrected chi connectivity index (χ2v) is 6.56. The van der Waals surface area contributed by atoms with Crippen molar-refractivity contribution in [2.45, 2.75) is 40.2 Å². The molecule has 1 aromatic heterocycles. The van der Waals surface area contributed by atoms with Crippen LogP contribution in [-0.4, -0.2) is 6.54 Å². The van der Waals surface area contributed by atoms with Crippen LogP contribution in [0.25, 0.3) is 0 Å². The van der Waals surface area contributed by atoms with Crippen molar-refractivity contribution in [3.05, 3.63) is 56.5 Å². The van der Waals surface area contributed by atoms with E-state index in [2.05, 4.69) is 32.2 Å². The summed E-state index contributed by atoms with van der Waals surface area (Å²) in [6, 6.07) is 7.35. The molecule has 1 atom stereocenters. The Labute approximate surface area is 124 Å². The molecule has 1 aromatic carbocycles. The standard InChI is InChI=1S/C17H22FNS/c1-5-8-19-17(16-9-12(3)13(4)20-16)15-10-14(18)7-6-11(15)2/h6-7,9-10,17,19H,5,8H2,1-4H3. The first-order valence-corrected chi connectivity index (χ1v) is 7.91. The summed E-state index contributed by atoms with van der Waals surface area (Å²) in [5, 5.41) is 3.55. The highest BCUT2D eigenvalue weighted by molar-refractivity contribution is 7.12. The van der Waals surface area contributed by atoms with Crippen molar-refractivity contribution in [3.8, 4) is 0 Å². The van der Waals surface area contributed by atoms with Gasteiger partial charge in [0.2, 0.25) is 0 Å². The van der Waals surface area contributed by atoms with Gasteiger partial charge in [0.25, 0.3) is 0 Å². The summed E-state index contributed by atoms with van der Waals surface area (Å²) >= 11 is 1.80. The zero-order valence-corrected chi connectivity index (χ0v) is 13.4. The van der Waals surface area contributed by atoms with Gasteiger partial charge in [-0.1, -0.05) is 13.0 Å². The van der Waals surface area contributed by atoms with Gasteiger partial charge in [0, 0.05) is 9.75 Å². The van der Waals surface area contributed by atoms with Crippen LogP contribution >= 0.6 is 11.3 Å². The van der Waals surface area contributed by atoms with Crippen molar-refractivity contribution in [2.75, 3.05) is 6.54 Å². The van der Waals surface area contributed by atoms with Gasteiger partial charge in [-0.2, -0.15) is 0 Å². The number of benzene rings is 1. The van der Waals surface area contributed by atoms with Crippen molar-refractivity contribution < 1.29 is 4.39 Å². The summed E-state index contributed by atoms with van der Waals surface area (Å²) in [6.45, 7) is 9.39. The van der Waals surface area contributed by atoms with Crippen LogP contribution < -0.4 is 5.32 Å². The van der Waals surface area contributed by atoms with E-state index in [1.807, 2.05) is 13.0 Å². The van der Waals surface area contributed by atoms with Crippen LogP contribution in [0.5, 0.6) is 0 Å². The number of halogens is 1. The first-order valence-electron chi connectivity index (χ1n) is 7.09. The molecular weight excluding hydrogens is 269 g/mol. The predicted molar refractivity (Wildman–Crippen MR) is 85.1 cm³/mol. The zero-order chi connectivity index (χ0) is 14.7.